The molecule has 26 heavy (non-hydrogen) atoms. The summed E-state index contributed by atoms with van der Waals surface area (Å²) in [7, 11) is 0. The molecule has 1 aliphatic rings. The number of para-hydroxylation sites is 1. The Bertz CT molecular complexity index is 780. The Morgan fingerprint density at radius 2 is 1.73 bits per heavy atom. The van der Waals surface area contributed by atoms with Crippen LogP contribution in [0.3, 0.4) is 0 Å². The molecule has 2 N–H and O–H groups in total. The summed E-state index contributed by atoms with van der Waals surface area (Å²) in [5.74, 6) is -0.451. The molecule has 1 heterocycles. The van der Waals surface area contributed by atoms with Gasteiger partial charge in [0.15, 0.2) is 0 Å². The third kappa shape index (κ3) is 4.69. The molecule has 2 amide bonds. The highest BCUT2D eigenvalue weighted by molar-refractivity contribution is 6.06. The molecule has 0 aliphatic heterocycles. The number of pyridine rings is 1. The van der Waals surface area contributed by atoms with Gasteiger partial charge < -0.3 is 10.6 Å². The fourth-order valence-electron chi connectivity index (χ4n) is 3.29. The van der Waals surface area contributed by atoms with Crippen LogP contribution < -0.4 is 10.6 Å². The number of carbonyl (C=O) groups excluding carboxylic acids is 2. The zero-order chi connectivity index (χ0) is 18.4. The van der Waals surface area contributed by atoms with Crippen LogP contribution in [0.1, 0.15) is 64.9 Å². The number of hydrogen-bond donors (Lipinski definition) is 2. The van der Waals surface area contributed by atoms with E-state index in [0.29, 0.717) is 5.56 Å². The summed E-state index contributed by atoms with van der Waals surface area (Å²) in [6, 6.07) is 11.0. The van der Waals surface area contributed by atoms with Crippen molar-refractivity contribution < 1.29 is 9.59 Å². The van der Waals surface area contributed by atoms with Crippen molar-refractivity contribution in [3.63, 3.8) is 0 Å². The van der Waals surface area contributed by atoms with Crippen molar-refractivity contribution in [2.45, 2.75) is 51.5 Å². The fourth-order valence-corrected chi connectivity index (χ4v) is 3.29. The van der Waals surface area contributed by atoms with Crippen molar-refractivity contribution in [3.05, 3.63) is 59.4 Å². The lowest BCUT2D eigenvalue weighted by atomic mass is 10.1. The summed E-state index contributed by atoms with van der Waals surface area (Å²) in [4.78, 5) is 29.2. The second kappa shape index (κ2) is 8.61. The predicted octanol–water partition coefficient (Wildman–Crippen LogP) is 4.09. The molecule has 2 aromatic rings. The van der Waals surface area contributed by atoms with Crippen LogP contribution in [-0.2, 0) is 0 Å². The third-order valence-corrected chi connectivity index (χ3v) is 4.84. The van der Waals surface area contributed by atoms with Crippen molar-refractivity contribution >= 4 is 17.5 Å². The Kier molecular flexibility index (Phi) is 6.00. The Labute approximate surface area is 154 Å². The summed E-state index contributed by atoms with van der Waals surface area (Å²) in [6.45, 7) is 1.94. The van der Waals surface area contributed by atoms with Crippen LogP contribution in [0, 0.1) is 6.92 Å². The lowest BCUT2D eigenvalue weighted by molar-refractivity contribution is 0.0928. The number of rotatable bonds is 4. The highest BCUT2D eigenvalue weighted by Gasteiger charge is 2.18. The van der Waals surface area contributed by atoms with Crippen molar-refractivity contribution in [3.8, 4) is 0 Å². The largest absolute Gasteiger partial charge is 0.348 e. The van der Waals surface area contributed by atoms with Gasteiger partial charge in [-0.2, -0.15) is 0 Å². The summed E-state index contributed by atoms with van der Waals surface area (Å²) in [5, 5.41) is 5.95. The molecule has 1 aliphatic carbocycles. The number of anilines is 1. The van der Waals surface area contributed by atoms with E-state index in [9.17, 15) is 9.59 Å². The third-order valence-electron chi connectivity index (χ3n) is 4.84. The minimum absolute atomic E-state index is 0.205. The van der Waals surface area contributed by atoms with Crippen LogP contribution in [-0.4, -0.2) is 22.8 Å². The number of aryl methyl sites for hydroxylation is 1. The van der Waals surface area contributed by atoms with Gasteiger partial charge in [-0.05, 0) is 43.5 Å². The Morgan fingerprint density at radius 3 is 2.46 bits per heavy atom. The minimum Gasteiger partial charge on any atom is -0.348 e. The molecule has 0 radical (unpaired) electrons. The lowest BCUT2D eigenvalue weighted by Gasteiger charge is -2.16. The standard InChI is InChI=1S/C21H25N3O2/c1-15-8-6-7-11-18(15)24-20(25)16-12-13-22-19(14-16)21(26)23-17-9-4-2-3-5-10-17/h6-8,11-14,17H,2-5,9-10H2,1H3,(H,23,26)(H,24,25). The molecule has 0 spiro atoms. The summed E-state index contributed by atoms with van der Waals surface area (Å²) < 4.78 is 0. The number of amides is 2. The van der Waals surface area contributed by atoms with Gasteiger partial charge in [-0.1, -0.05) is 43.9 Å². The normalized spacial score (nSPS) is 15.1. The number of hydrogen-bond acceptors (Lipinski definition) is 3. The van der Waals surface area contributed by atoms with Crippen LogP contribution in [0.5, 0.6) is 0 Å². The van der Waals surface area contributed by atoms with Gasteiger partial charge in [-0.25, -0.2) is 0 Å². The van der Waals surface area contributed by atoms with Crippen LogP contribution in [0.15, 0.2) is 42.6 Å². The second-order valence-corrected chi connectivity index (χ2v) is 6.86. The molecule has 0 bridgehead atoms. The first kappa shape index (κ1) is 18.1. The molecular weight excluding hydrogens is 326 g/mol. The molecule has 0 unspecified atom stereocenters. The van der Waals surface area contributed by atoms with Gasteiger partial charge in [0.25, 0.3) is 11.8 Å². The molecule has 1 saturated carbocycles. The molecule has 1 fully saturated rings. The van der Waals surface area contributed by atoms with Gasteiger partial charge >= 0.3 is 0 Å². The van der Waals surface area contributed by atoms with Gasteiger partial charge in [0.2, 0.25) is 0 Å². The number of carbonyl (C=O) groups is 2. The van der Waals surface area contributed by atoms with Crippen LogP contribution in [0.4, 0.5) is 5.69 Å². The zero-order valence-corrected chi connectivity index (χ0v) is 15.1. The van der Waals surface area contributed by atoms with Crippen molar-refractivity contribution in [1.29, 1.82) is 0 Å². The van der Waals surface area contributed by atoms with E-state index in [0.717, 1.165) is 36.9 Å². The van der Waals surface area contributed by atoms with E-state index in [-0.39, 0.29) is 23.6 Å². The molecule has 5 nitrogen and oxygen atoms in total. The van der Waals surface area contributed by atoms with Crippen molar-refractivity contribution in [1.82, 2.24) is 10.3 Å². The first-order valence-electron chi connectivity index (χ1n) is 9.27. The van der Waals surface area contributed by atoms with E-state index in [1.165, 1.54) is 19.0 Å². The maximum atomic E-state index is 12.5. The minimum atomic E-state index is -0.245. The van der Waals surface area contributed by atoms with Gasteiger partial charge in [-0.3, -0.25) is 14.6 Å². The smallest absolute Gasteiger partial charge is 0.270 e. The monoisotopic (exact) mass is 351 g/mol. The predicted molar refractivity (Wildman–Crippen MR) is 102 cm³/mol. The highest BCUT2D eigenvalue weighted by Crippen LogP contribution is 2.18. The van der Waals surface area contributed by atoms with Crippen LogP contribution >= 0.6 is 0 Å². The molecule has 3 rings (SSSR count). The quantitative estimate of drug-likeness (QED) is 0.815. The topological polar surface area (TPSA) is 71.1 Å². The summed E-state index contributed by atoms with van der Waals surface area (Å²) in [5.41, 5.74) is 2.46. The number of nitrogens with zero attached hydrogens (tertiary/aromatic N) is 1. The highest BCUT2D eigenvalue weighted by atomic mass is 16.2. The molecule has 0 saturated heterocycles. The van der Waals surface area contributed by atoms with E-state index < -0.39 is 0 Å². The fraction of sp³-hybridized carbons (Fsp3) is 0.381. The summed E-state index contributed by atoms with van der Waals surface area (Å²) in [6.07, 6.45) is 8.31. The molecule has 0 atom stereocenters. The second-order valence-electron chi connectivity index (χ2n) is 6.86. The van der Waals surface area contributed by atoms with Crippen molar-refractivity contribution in [2.24, 2.45) is 0 Å². The van der Waals surface area contributed by atoms with E-state index in [2.05, 4.69) is 15.6 Å². The SMILES string of the molecule is Cc1ccccc1NC(=O)c1ccnc(C(=O)NC2CCCCCC2)c1. The van der Waals surface area contributed by atoms with E-state index >= 15 is 0 Å². The maximum Gasteiger partial charge on any atom is 0.270 e. The molecule has 5 heteroatoms. The number of aromatic nitrogens is 1. The number of benzene rings is 1. The van der Waals surface area contributed by atoms with Crippen LogP contribution in [0.2, 0.25) is 0 Å². The molecule has 1 aromatic heterocycles. The van der Waals surface area contributed by atoms with Crippen LogP contribution in [0.25, 0.3) is 0 Å². The van der Waals surface area contributed by atoms with E-state index in [1.54, 1.807) is 12.1 Å². The Morgan fingerprint density at radius 1 is 1.00 bits per heavy atom. The van der Waals surface area contributed by atoms with Gasteiger partial charge in [0.1, 0.15) is 5.69 Å². The molecule has 1 aromatic carbocycles. The first-order valence-corrected chi connectivity index (χ1v) is 9.27. The Balaban J connectivity index is 1.68. The van der Waals surface area contributed by atoms with Gasteiger partial charge in [-0.15, -0.1) is 0 Å². The molecular formula is C21H25N3O2. The Hall–Kier alpha value is -2.69. The first-order chi connectivity index (χ1) is 12.6. The van der Waals surface area contributed by atoms with Gasteiger partial charge in [0, 0.05) is 23.5 Å². The average Bonchev–Trinajstić information content (AvgIpc) is 2.92. The van der Waals surface area contributed by atoms with E-state index in [4.69, 9.17) is 0 Å². The number of nitrogens with one attached hydrogen (secondary N) is 2. The average molecular weight is 351 g/mol. The zero-order valence-electron chi connectivity index (χ0n) is 15.1. The van der Waals surface area contributed by atoms with Gasteiger partial charge in [0.05, 0.1) is 0 Å². The molecule has 136 valence electrons. The van der Waals surface area contributed by atoms with Crippen molar-refractivity contribution in [2.75, 3.05) is 5.32 Å². The lowest BCUT2D eigenvalue weighted by Crippen LogP contribution is -2.35. The van der Waals surface area contributed by atoms with E-state index in [1.807, 2.05) is 31.2 Å². The maximum absolute atomic E-state index is 12.5. The summed E-state index contributed by atoms with van der Waals surface area (Å²) >= 11 is 0.